The molecular weight excluding hydrogens is 274 g/mol. The molecule has 22 heavy (non-hydrogen) atoms. The first-order chi connectivity index (χ1) is 10.6. The zero-order chi connectivity index (χ0) is 15.9. The van der Waals surface area contributed by atoms with E-state index < -0.39 is 0 Å². The van der Waals surface area contributed by atoms with Gasteiger partial charge >= 0.3 is 0 Å². The number of carbonyl (C=O) groups is 1. The molecule has 0 bridgehead atoms. The van der Waals surface area contributed by atoms with E-state index in [1.165, 1.54) is 5.56 Å². The summed E-state index contributed by atoms with van der Waals surface area (Å²) in [4.78, 5) is 12.1. The molecule has 0 aliphatic carbocycles. The van der Waals surface area contributed by atoms with E-state index in [2.05, 4.69) is 24.4 Å². The topological polar surface area (TPSA) is 38.3 Å². The highest BCUT2D eigenvalue weighted by Gasteiger charge is 2.10. The quantitative estimate of drug-likeness (QED) is 0.883. The van der Waals surface area contributed by atoms with Crippen LogP contribution in [0.25, 0.3) is 0 Å². The molecule has 0 unspecified atom stereocenters. The molecule has 1 N–H and O–H groups in total. The van der Waals surface area contributed by atoms with Gasteiger partial charge in [-0.15, -0.1) is 0 Å². The maximum absolute atomic E-state index is 12.1. The van der Waals surface area contributed by atoms with E-state index in [0.717, 1.165) is 23.3 Å². The smallest absolute Gasteiger partial charge is 0.224 e. The van der Waals surface area contributed by atoms with Crippen LogP contribution in [-0.4, -0.2) is 13.0 Å². The van der Waals surface area contributed by atoms with Gasteiger partial charge in [0.25, 0.3) is 0 Å². The number of amides is 1. The highest BCUT2D eigenvalue weighted by atomic mass is 16.5. The number of carbonyl (C=O) groups excluding carboxylic acids is 1. The van der Waals surface area contributed by atoms with E-state index in [4.69, 9.17) is 4.74 Å². The van der Waals surface area contributed by atoms with Crippen molar-refractivity contribution in [3.63, 3.8) is 0 Å². The summed E-state index contributed by atoms with van der Waals surface area (Å²) in [5.74, 6) is 0.853. The van der Waals surface area contributed by atoms with Gasteiger partial charge in [0.05, 0.1) is 19.6 Å². The van der Waals surface area contributed by atoms with E-state index in [1.807, 2.05) is 43.3 Å². The monoisotopic (exact) mass is 297 g/mol. The van der Waals surface area contributed by atoms with Crippen LogP contribution >= 0.6 is 0 Å². The third-order valence-electron chi connectivity index (χ3n) is 3.79. The minimum Gasteiger partial charge on any atom is -0.497 e. The van der Waals surface area contributed by atoms with Gasteiger partial charge in [0.15, 0.2) is 0 Å². The van der Waals surface area contributed by atoms with Crippen LogP contribution in [0.2, 0.25) is 0 Å². The van der Waals surface area contributed by atoms with Crippen LogP contribution in [-0.2, 0) is 17.6 Å². The Bertz CT molecular complexity index is 602. The molecule has 0 aliphatic rings. The Kier molecular flexibility index (Phi) is 5.59. The molecule has 0 radical (unpaired) electrons. The van der Waals surface area contributed by atoms with E-state index in [9.17, 15) is 4.79 Å². The predicted molar refractivity (Wildman–Crippen MR) is 89.1 cm³/mol. The van der Waals surface area contributed by atoms with E-state index >= 15 is 0 Å². The van der Waals surface area contributed by atoms with Crippen molar-refractivity contribution in [2.24, 2.45) is 0 Å². The van der Waals surface area contributed by atoms with E-state index in [0.29, 0.717) is 6.42 Å². The normalized spacial score (nSPS) is 11.8. The predicted octanol–water partition coefficient (Wildman–Crippen LogP) is 3.68. The number of ether oxygens (including phenoxy) is 1. The van der Waals surface area contributed by atoms with Crippen LogP contribution in [0.1, 0.15) is 36.6 Å². The standard InChI is InChI=1S/C19H23NO2/c1-4-15-5-7-16(8-6-15)13-19(21)20-14(2)17-9-11-18(22-3)12-10-17/h5-12,14H,4,13H2,1-3H3,(H,20,21)/t14-/m1/s1. The maximum atomic E-state index is 12.1. The first kappa shape index (κ1) is 16.1. The zero-order valence-electron chi connectivity index (χ0n) is 13.4. The SMILES string of the molecule is CCc1ccc(CC(=O)N[C@H](C)c2ccc(OC)cc2)cc1. The fourth-order valence-corrected chi connectivity index (χ4v) is 2.35. The molecule has 1 amide bonds. The second-order valence-electron chi connectivity index (χ2n) is 5.41. The fraction of sp³-hybridized carbons (Fsp3) is 0.316. The number of methoxy groups -OCH3 is 1. The maximum Gasteiger partial charge on any atom is 0.224 e. The summed E-state index contributed by atoms with van der Waals surface area (Å²) in [6, 6.07) is 15.9. The van der Waals surface area contributed by atoms with E-state index in [-0.39, 0.29) is 11.9 Å². The van der Waals surface area contributed by atoms with Crippen molar-refractivity contribution >= 4 is 5.91 Å². The zero-order valence-corrected chi connectivity index (χ0v) is 13.4. The molecule has 0 aliphatic heterocycles. The van der Waals surface area contributed by atoms with Crippen molar-refractivity contribution < 1.29 is 9.53 Å². The average molecular weight is 297 g/mol. The second-order valence-corrected chi connectivity index (χ2v) is 5.41. The van der Waals surface area contributed by atoms with Gasteiger partial charge in [-0.3, -0.25) is 4.79 Å². The highest BCUT2D eigenvalue weighted by molar-refractivity contribution is 5.79. The summed E-state index contributed by atoms with van der Waals surface area (Å²) in [5.41, 5.74) is 3.39. The van der Waals surface area contributed by atoms with Gasteiger partial charge in [0.2, 0.25) is 5.91 Å². The summed E-state index contributed by atoms with van der Waals surface area (Å²) in [6.45, 7) is 4.11. The van der Waals surface area contributed by atoms with Crippen LogP contribution in [0.4, 0.5) is 0 Å². The molecule has 116 valence electrons. The third-order valence-corrected chi connectivity index (χ3v) is 3.79. The van der Waals surface area contributed by atoms with Crippen molar-refractivity contribution in [2.75, 3.05) is 7.11 Å². The Balaban J connectivity index is 1.92. The Morgan fingerprint density at radius 3 is 2.18 bits per heavy atom. The van der Waals surface area contributed by atoms with Gasteiger partial charge in [0, 0.05) is 0 Å². The molecule has 0 saturated carbocycles. The summed E-state index contributed by atoms with van der Waals surface area (Å²) in [5, 5.41) is 3.03. The third kappa shape index (κ3) is 4.35. The number of rotatable bonds is 6. The van der Waals surface area contributed by atoms with Gasteiger partial charge in [-0.05, 0) is 42.2 Å². The number of nitrogens with one attached hydrogen (secondary N) is 1. The van der Waals surface area contributed by atoms with E-state index in [1.54, 1.807) is 7.11 Å². The molecule has 1 atom stereocenters. The molecule has 0 fully saturated rings. The lowest BCUT2D eigenvalue weighted by Gasteiger charge is -2.15. The van der Waals surface area contributed by atoms with Crippen molar-refractivity contribution in [1.82, 2.24) is 5.32 Å². The molecule has 0 saturated heterocycles. The lowest BCUT2D eigenvalue weighted by atomic mass is 10.1. The van der Waals surface area contributed by atoms with Crippen molar-refractivity contribution in [2.45, 2.75) is 32.7 Å². The molecular formula is C19H23NO2. The Labute approximate surface area is 132 Å². The van der Waals surface area contributed by atoms with Crippen molar-refractivity contribution in [1.29, 1.82) is 0 Å². The number of aryl methyl sites for hydroxylation is 1. The first-order valence-corrected chi connectivity index (χ1v) is 7.63. The van der Waals surface area contributed by atoms with Crippen molar-refractivity contribution in [3.05, 3.63) is 65.2 Å². The van der Waals surface area contributed by atoms with Crippen LogP contribution in [0.3, 0.4) is 0 Å². The van der Waals surface area contributed by atoms with Gasteiger partial charge < -0.3 is 10.1 Å². The highest BCUT2D eigenvalue weighted by Crippen LogP contribution is 2.17. The van der Waals surface area contributed by atoms with Crippen LogP contribution < -0.4 is 10.1 Å². The lowest BCUT2D eigenvalue weighted by molar-refractivity contribution is -0.121. The van der Waals surface area contributed by atoms with Gasteiger partial charge in [-0.25, -0.2) is 0 Å². The Hall–Kier alpha value is -2.29. The first-order valence-electron chi connectivity index (χ1n) is 7.63. The summed E-state index contributed by atoms with van der Waals surface area (Å²) < 4.78 is 5.14. The molecule has 3 nitrogen and oxygen atoms in total. The molecule has 2 aromatic carbocycles. The van der Waals surface area contributed by atoms with Crippen molar-refractivity contribution in [3.8, 4) is 5.75 Å². The van der Waals surface area contributed by atoms with Gasteiger partial charge in [0.1, 0.15) is 5.75 Å². The van der Waals surface area contributed by atoms with Gasteiger partial charge in [-0.2, -0.15) is 0 Å². The number of hydrogen-bond donors (Lipinski definition) is 1. The minimum absolute atomic E-state index is 0.0201. The molecule has 0 spiro atoms. The molecule has 2 rings (SSSR count). The minimum atomic E-state index is -0.0201. The van der Waals surface area contributed by atoms with Gasteiger partial charge in [-0.1, -0.05) is 43.3 Å². The number of hydrogen-bond acceptors (Lipinski definition) is 2. The van der Waals surface area contributed by atoms with Crippen LogP contribution in [0.15, 0.2) is 48.5 Å². The molecule has 3 heteroatoms. The molecule has 2 aromatic rings. The summed E-state index contributed by atoms with van der Waals surface area (Å²) in [7, 11) is 1.64. The number of benzene rings is 2. The largest absolute Gasteiger partial charge is 0.497 e. The Morgan fingerprint density at radius 2 is 1.64 bits per heavy atom. The summed E-state index contributed by atoms with van der Waals surface area (Å²) >= 11 is 0. The second kappa shape index (κ2) is 7.64. The fourth-order valence-electron chi connectivity index (χ4n) is 2.35. The Morgan fingerprint density at radius 1 is 1.05 bits per heavy atom. The van der Waals surface area contributed by atoms with Crippen LogP contribution in [0.5, 0.6) is 5.75 Å². The van der Waals surface area contributed by atoms with Crippen LogP contribution in [0, 0.1) is 0 Å². The average Bonchev–Trinajstić information content (AvgIpc) is 2.55. The lowest BCUT2D eigenvalue weighted by Crippen LogP contribution is -2.28. The summed E-state index contributed by atoms with van der Waals surface area (Å²) in [6.07, 6.45) is 1.42. The molecule has 0 aromatic heterocycles. The molecule has 0 heterocycles.